The summed E-state index contributed by atoms with van der Waals surface area (Å²) in [6, 6.07) is 7.54. The molecule has 1 saturated carbocycles. The molecule has 3 N–H and O–H groups in total. The van der Waals surface area contributed by atoms with Gasteiger partial charge in [0.2, 0.25) is 5.91 Å². The smallest absolute Gasteiger partial charge is 0.303 e. The van der Waals surface area contributed by atoms with Crippen molar-refractivity contribution in [1.29, 1.82) is 0 Å². The lowest BCUT2D eigenvalue weighted by Gasteiger charge is -2.20. The van der Waals surface area contributed by atoms with E-state index in [1.54, 1.807) is 5.38 Å². The van der Waals surface area contributed by atoms with Crippen LogP contribution in [0.3, 0.4) is 0 Å². The van der Waals surface area contributed by atoms with Gasteiger partial charge in [0.05, 0.1) is 11.6 Å². The van der Waals surface area contributed by atoms with Gasteiger partial charge < -0.3 is 15.8 Å². The predicted molar refractivity (Wildman–Crippen MR) is 106 cm³/mol. The highest BCUT2D eigenvalue weighted by atomic mass is 32.1. The van der Waals surface area contributed by atoms with E-state index >= 15 is 0 Å². The number of esters is 1. The van der Waals surface area contributed by atoms with Crippen LogP contribution in [0.4, 0.5) is 10.8 Å². The highest BCUT2D eigenvalue weighted by Gasteiger charge is 2.27. The number of nitrogens with one attached hydrogen (secondary N) is 1. The van der Waals surface area contributed by atoms with Gasteiger partial charge in [0.1, 0.15) is 6.61 Å². The van der Waals surface area contributed by atoms with Crippen molar-refractivity contribution in [3.63, 3.8) is 0 Å². The van der Waals surface area contributed by atoms with E-state index < -0.39 is 0 Å². The van der Waals surface area contributed by atoms with Gasteiger partial charge in [-0.15, -0.1) is 11.3 Å². The number of amides is 1. The zero-order valence-electron chi connectivity index (χ0n) is 15.4. The summed E-state index contributed by atoms with van der Waals surface area (Å²) in [5, 5.41) is 5.24. The van der Waals surface area contributed by atoms with Gasteiger partial charge in [-0.3, -0.25) is 9.59 Å². The Morgan fingerprint density at radius 1 is 1.30 bits per heavy atom. The molecule has 144 valence electrons. The Hall–Kier alpha value is -2.41. The molecule has 0 aliphatic heterocycles. The lowest BCUT2D eigenvalue weighted by molar-refractivity contribution is -0.142. The van der Waals surface area contributed by atoms with E-state index in [0.29, 0.717) is 22.4 Å². The Bertz CT molecular complexity index is 782. The number of nitrogens with two attached hydrogens (primary N) is 1. The van der Waals surface area contributed by atoms with Crippen molar-refractivity contribution in [3.8, 4) is 0 Å². The fourth-order valence-corrected chi connectivity index (χ4v) is 4.20. The number of nitrogen functional groups attached to an aromatic ring is 1. The summed E-state index contributed by atoms with van der Waals surface area (Å²) >= 11 is 1.33. The van der Waals surface area contributed by atoms with Crippen LogP contribution in [0, 0.1) is 5.92 Å². The van der Waals surface area contributed by atoms with E-state index in [9.17, 15) is 9.59 Å². The molecule has 1 heterocycles. The number of ether oxygens (including phenoxy) is 1. The summed E-state index contributed by atoms with van der Waals surface area (Å²) in [5.41, 5.74) is 8.09. The number of nitrogens with zero attached hydrogens (tertiary/aromatic N) is 1. The maximum atomic E-state index is 13.0. The molecule has 6 nitrogen and oxygen atoms in total. The highest BCUT2D eigenvalue weighted by Crippen LogP contribution is 2.35. The minimum Gasteiger partial charge on any atom is -0.459 e. The van der Waals surface area contributed by atoms with Crippen LogP contribution in [0.5, 0.6) is 0 Å². The van der Waals surface area contributed by atoms with Crippen LogP contribution in [0.25, 0.3) is 0 Å². The number of thiazole rings is 1. The first kappa shape index (κ1) is 19.4. The number of anilines is 2. The van der Waals surface area contributed by atoms with Crippen LogP contribution in [0.1, 0.15) is 56.2 Å². The monoisotopic (exact) mass is 387 g/mol. The van der Waals surface area contributed by atoms with E-state index in [1.165, 1.54) is 43.9 Å². The molecular weight excluding hydrogens is 362 g/mol. The molecule has 1 aromatic carbocycles. The molecule has 7 heteroatoms. The van der Waals surface area contributed by atoms with E-state index in [2.05, 4.69) is 10.3 Å². The molecule has 0 radical (unpaired) electrons. The van der Waals surface area contributed by atoms with Crippen LogP contribution in [0.15, 0.2) is 29.6 Å². The number of hydrogen-bond donors (Lipinski definition) is 2. The van der Waals surface area contributed by atoms with Gasteiger partial charge in [-0.05, 0) is 30.0 Å². The quantitative estimate of drug-likeness (QED) is 0.551. The average Bonchev–Trinajstić information content (AvgIpc) is 3.30. The van der Waals surface area contributed by atoms with E-state index in [0.717, 1.165) is 12.0 Å². The first-order chi connectivity index (χ1) is 13.0. The summed E-state index contributed by atoms with van der Waals surface area (Å²) in [6.07, 6.45) is 5.69. The van der Waals surface area contributed by atoms with Gasteiger partial charge in [0.25, 0.3) is 0 Å². The molecule has 2 aromatic rings. The first-order valence-corrected chi connectivity index (χ1v) is 10.1. The van der Waals surface area contributed by atoms with E-state index in [-0.39, 0.29) is 24.4 Å². The molecule has 1 amide bonds. The second-order valence-electron chi connectivity index (χ2n) is 7.02. The van der Waals surface area contributed by atoms with Crippen LogP contribution >= 0.6 is 11.3 Å². The van der Waals surface area contributed by atoms with Crippen LogP contribution in [0.2, 0.25) is 0 Å². The maximum Gasteiger partial charge on any atom is 0.303 e. The molecule has 1 atom stereocenters. The van der Waals surface area contributed by atoms with Crippen molar-refractivity contribution in [1.82, 2.24) is 4.98 Å². The molecule has 1 aliphatic carbocycles. The van der Waals surface area contributed by atoms with Crippen molar-refractivity contribution in [2.24, 2.45) is 5.92 Å². The molecular formula is C20H25N3O3S. The molecule has 0 saturated heterocycles. The summed E-state index contributed by atoms with van der Waals surface area (Å²) in [6.45, 7) is 1.47. The third-order valence-electron chi connectivity index (χ3n) is 4.90. The normalized spacial score (nSPS) is 15.4. The second-order valence-corrected chi connectivity index (χ2v) is 7.88. The average molecular weight is 388 g/mol. The van der Waals surface area contributed by atoms with E-state index in [1.807, 2.05) is 24.3 Å². The molecule has 1 aliphatic rings. The first-order valence-electron chi connectivity index (χ1n) is 9.25. The standard InChI is InChI=1S/C20H25N3O3S/c1-13(24)26-11-17-12-27-20(22-17)23-19(25)18(10-14-4-2-3-5-14)15-6-8-16(21)9-7-15/h6-9,12,14,18H,2-5,10-11,21H2,1H3,(H,22,23,25). The largest absolute Gasteiger partial charge is 0.459 e. The van der Waals surface area contributed by atoms with Crippen molar-refractivity contribution >= 4 is 34.0 Å². The van der Waals surface area contributed by atoms with Crippen molar-refractivity contribution in [2.75, 3.05) is 11.1 Å². The lowest BCUT2D eigenvalue weighted by atomic mass is 9.87. The zero-order valence-corrected chi connectivity index (χ0v) is 16.3. The van der Waals surface area contributed by atoms with Gasteiger partial charge in [0.15, 0.2) is 5.13 Å². The molecule has 1 aromatic heterocycles. The third kappa shape index (κ3) is 5.53. The van der Waals surface area contributed by atoms with Gasteiger partial charge in [0, 0.05) is 18.0 Å². The Morgan fingerprint density at radius 3 is 2.67 bits per heavy atom. The van der Waals surface area contributed by atoms with Gasteiger partial charge in [-0.25, -0.2) is 4.98 Å². The van der Waals surface area contributed by atoms with Crippen molar-refractivity contribution in [2.45, 2.75) is 51.6 Å². The number of carbonyl (C=O) groups is 2. The number of carbonyl (C=O) groups excluding carboxylic acids is 2. The van der Waals surface area contributed by atoms with Gasteiger partial charge >= 0.3 is 5.97 Å². The third-order valence-corrected chi connectivity index (χ3v) is 5.71. The maximum absolute atomic E-state index is 13.0. The number of benzene rings is 1. The van der Waals surface area contributed by atoms with Crippen LogP contribution in [-0.4, -0.2) is 16.9 Å². The van der Waals surface area contributed by atoms with Crippen molar-refractivity contribution in [3.05, 3.63) is 40.9 Å². The lowest BCUT2D eigenvalue weighted by Crippen LogP contribution is -2.23. The molecule has 0 bridgehead atoms. The Morgan fingerprint density at radius 2 is 2.00 bits per heavy atom. The summed E-state index contributed by atoms with van der Waals surface area (Å²) in [7, 11) is 0. The van der Waals surface area contributed by atoms with Crippen LogP contribution < -0.4 is 11.1 Å². The Labute approximate surface area is 163 Å². The molecule has 3 rings (SSSR count). The number of rotatable bonds is 7. The minimum atomic E-state index is -0.353. The predicted octanol–water partition coefficient (Wildman–Crippen LogP) is 4.09. The SMILES string of the molecule is CC(=O)OCc1csc(NC(=O)C(CC2CCCC2)c2ccc(N)cc2)n1. The Kier molecular flexibility index (Phi) is 6.45. The van der Waals surface area contributed by atoms with E-state index in [4.69, 9.17) is 10.5 Å². The molecule has 27 heavy (non-hydrogen) atoms. The molecule has 1 fully saturated rings. The van der Waals surface area contributed by atoms with Gasteiger partial charge in [-0.1, -0.05) is 37.8 Å². The summed E-state index contributed by atoms with van der Waals surface area (Å²) in [4.78, 5) is 28.2. The second kappa shape index (κ2) is 8.99. The summed E-state index contributed by atoms with van der Waals surface area (Å²) in [5.74, 6) is -0.0581. The molecule has 0 spiro atoms. The fraction of sp³-hybridized carbons (Fsp3) is 0.450. The number of hydrogen-bond acceptors (Lipinski definition) is 6. The molecule has 1 unspecified atom stereocenters. The van der Waals surface area contributed by atoms with Crippen molar-refractivity contribution < 1.29 is 14.3 Å². The summed E-state index contributed by atoms with van der Waals surface area (Å²) < 4.78 is 4.94. The Balaban J connectivity index is 1.70. The number of aromatic nitrogens is 1. The van der Waals surface area contributed by atoms with Crippen LogP contribution in [-0.2, 0) is 20.9 Å². The topological polar surface area (TPSA) is 94.3 Å². The minimum absolute atomic E-state index is 0.0555. The zero-order chi connectivity index (χ0) is 19.2. The van der Waals surface area contributed by atoms with Gasteiger partial charge in [-0.2, -0.15) is 0 Å². The fourth-order valence-electron chi connectivity index (χ4n) is 3.50. The highest BCUT2D eigenvalue weighted by molar-refractivity contribution is 7.13.